The molecule has 1 aromatic carbocycles. The van der Waals surface area contributed by atoms with Gasteiger partial charge < -0.3 is 9.73 Å². The molecule has 0 atom stereocenters. The van der Waals surface area contributed by atoms with Gasteiger partial charge in [-0.15, -0.1) is 0 Å². The molecule has 3 rings (SSSR count). The zero-order chi connectivity index (χ0) is 17.6. The molecule has 5 heteroatoms. The highest BCUT2D eigenvalue weighted by atomic mass is 16.3. The van der Waals surface area contributed by atoms with E-state index in [1.54, 1.807) is 10.7 Å². The van der Waals surface area contributed by atoms with Crippen LogP contribution in [0.1, 0.15) is 42.4 Å². The Morgan fingerprint density at radius 2 is 1.96 bits per heavy atom. The second-order valence-electron chi connectivity index (χ2n) is 6.04. The lowest BCUT2D eigenvalue weighted by molar-refractivity contribution is 0.0945. The van der Waals surface area contributed by atoms with Crippen molar-refractivity contribution in [1.29, 1.82) is 0 Å². The van der Waals surface area contributed by atoms with Gasteiger partial charge in [0, 0.05) is 12.6 Å². The van der Waals surface area contributed by atoms with Crippen molar-refractivity contribution in [1.82, 2.24) is 15.1 Å². The van der Waals surface area contributed by atoms with Gasteiger partial charge in [-0.3, -0.25) is 4.79 Å². The van der Waals surface area contributed by atoms with Gasteiger partial charge >= 0.3 is 0 Å². The first-order chi connectivity index (χ1) is 12.2. The molecule has 0 radical (unpaired) electrons. The molecule has 0 bridgehead atoms. The lowest BCUT2D eigenvalue weighted by Crippen LogP contribution is -2.26. The molecular weight excluding hydrogens is 314 g/mol. The topological polar surface area (TPSA) is 60.1 Å². The van der Waals surface area contributed by atoms with Crippen LogP contribution in [0.5, 0.6) is 0 Å². The fourth-order valence-electron chi connectivity index (χ4n) is 2.67. The standard InChI is InChI=1S/C20H23N3O2/c1-3-4-8-13-21-20(24)18-14-17(19-12-11-15(2)25-19)22-23(18)16-9-6-5-7-10-16/h5-7,9-12,14H,3-4,8,13H2,1-2H3,(H,21,24). The van der Waals surface area contributed by atoms with E-state index in [2.05, 4.69) is 17.3 Å². The average Bonchev–Trinajstić information content (AvgIpc) is 3.26. The van der Waals surface area contributed by atoms with Gasteiger partial charge in [0.05, 0.1) is 5.69 Å². The number of hydrogen-bond donors (Lipinski definition) is 1. The third-order valence-corrected chi connectivity index (χ3v) is 4.00. The summed E-state index contributed by atoms with van der Waals surface area (Å²) in [6, 6.07) is 15.2. The highest BCUT2D eigenvalue weighted by Gasteiger charge is 2.18. The summed E-state index contributed by atoms with van der Waals surface area (Å²) >= 11 is 0. The Morgan fingerprint density at radius 3 is 2.64 bits per heavy atom. The van der Waals surface area contributed by atoms with Gasteiger partial charge in [0.15, 0.2) is 5.76 Å². The molecule has 3 aromatic rings. The van der Waals surface area contributed by atoms with E-state index in [1.807, 2.05) is 49.4 Å². The van der Waals surface area contributed by atoms with Crippen LogP contribution in [0.2, 0.25) is 0 Å². The average molecular weight is 337 g/mol. The molecule has 0 unspecified atom stereocenters. The van der Waals surface area contributed by atoms with Gasteiger partial charge in [0.25, 0.3) is 5.91 Å². The molecule has 2 aromatic heterocycles. The molecule has 0 fully saturated rings. The summed E-state index contributed by atoms with van der Waals surface area (Å²) in [5.74, 6) is 1.35. The van der Waals surface area contributed by atoms with E-state index in [9.17, 15) is 4.79 Å². The quantitative estimate of drug-likeness (QED) is 0.652. The van der Waals surface area contributed by atoms with Crippen molar-refractivity contribution < 1.29 is 9.21 Å². The SMILES string of the molecule is CCCCCNC(=O)c1cc(-c2ccc(C)o2)nn1-c1ccccc1. The van der Waals surface area contributed by atoms with Crippen LogP contribution in [0.4, 0.5) is 0 Å². The number of hydrogen-bond acceptors (Lipinski definition) is 3. The van der Waals surface area contributed by atoms with Crippen LogP contribution in [0.15, 0.2) is 52.9 Å². The maximum atomic E-state index is 12.6. The first kappa shape index (κ1) is 17.0. The molecule has 0 saturated heterocycles. The minimum atomic E-state index is -0.123. The maximum Gasteiger partial charge on any atom is 0.270 e. The molecule has 1 amide bonds. The van der Waals surface area contributed by atoms with Crippen molar-refractivity contribution in [2.45, 2.75) is 33.1 Å². The summed E-state index contributed by atoms with van der Waals surface area (Å²) in [4.78, 5) is 12.6. The predicted octanol–water partition coefficient (Wildman–Crippen LogP) is 4.36. The largest absolute Gasteiger partial charge is 0.460 e. The minimum absolute atomic E-state index is 0.123. The number of rotatable bonds is 7. The van der Waals surface area contributed by atoms with E-state index in [0.29, 0.717) is 23.7 Å². The summed E-state index contributed by atoms with van der Waals surface area (Å²) in [5.41, 5.74) is 2.00. The Kier molecular flexibility index (Phi) is 5.33. The van der Waals surface area contributed by atoms with Crippen LogP contribution in [-0.4, -0.2) is 22.2 Å². The molecule has 0 aliphatic heterocycles. The third kappa shape index (κ3) is 3.99. The number of carbonyl (C=O) groups excluding carboxylic acids is 1. The van der Waals surface area contributed by atoms with E-state index in [1.165, 1.54) is 0 Å². The second kappa shape index (κ2) is 7.83. The Hall–Kier alpha value is -2.82. The van der Waals surface area contributed by atoms with Crippen LogP contribution < -0.4 is 5.32 Å². The van der Waals surface area contributed by atoms with Gasteiger partial charge in [0.2, 0.25) is 0 Å². The number of aryl methyl sites for hydroxylation is 1. The van der Waals surface area contributed by atoms with Crippen molar-refractivity contribution in [3.8, 4) is 17.1 Å². The summed E-state index contributed by atoms with van der Waals surface area (Å²) in [6.07, 6.45) is 3.21. The molecule has 5 nitrogen and oxygen atoms in total. The first-order valence-corrected chi connectivity index (χ1v) is 8.69. The Bertz CT molecular complexity index is 834. The van der Waals surface area contributed by atoms with E-state index < -0.39 is 0 Å². The Balaban J connectivity index is 1.91. The summed E-state index contributed by atoms with van der Waals surface area (Å²) in [5, 5.41) is 7.58. The van der Waals surface area contributed by atoms with E-state index in [4.69, 9.17) is 4.42 Å². The van der Waals surface area contributed by atoms with Gasteiger partial charge in [-0.05, 0) is 37.6 Å². The summed E-state index contributed by atoms with van der Waals surface area (Å²) in [6.45, 7) is 4.70. The van der Waals surface area contributed by atoms with Crippen molar-refractivity contribution in [2.24, 2.45) is 0 Å². The minimum Gasteiger partial charge on any atom is -0.460 e. The molecule has 1 N–H and O–H groups in total. The molecule has 0 aliphatic carbocycles. The van der Waals surface area contributed by atoms with Crippen LogP contribution in [0.25, 0.3) is 17.1 Å². The van der Waals surface area contributed by atoms with E-state index in [0.717, 1.165) is 30.7 Å². The Labute approximate surface area is 147 Å². The van der Waals surface area contributed by atoms with Crippen LogP contribution in [0, 0.1) is 6.92 Å². The van der Waals surface area contributed by atoms with E-state index in [-0.39, 0.29) is 5.91 Å². The highest BCUT2D eigenvalue weighted by Crippen LogP contribution is 2.23. The number of benzene rings is 1. The lowest BCUT2D eigenvalue weighted by atomic mass is 10.2. The number of furan rings is 1. The zero-order valence-corrected chi connectivity index (χ0v) is 14.7. The number of aromatic nitrogens is 2. The monoisotopic (exact) mass is 337 g/mol. The van der Waals surface area contributed by atoms with Crippen molar-refractivity contribution in [2.75, 3.05) is 6.54 Å². The van der Waals surface area contributed by atoms with Crippen molar-refractivity contribution in [3.05, 3.63) is 60.0 Å². The van der Waals surface area contributed by atoms with E-state index >= 15 is 0 Å². The zero-order valence-electron chi connectivity index (χ0n) is 14.7. The van der Waals surface area contributed by atoms with Gasteiger partial charge in [-0.1, -0.05) is 38.0 Å². The van der Waals surface area contributed by atoms with Gasteiger partial charge in [-0.2, -0.15) is 5.10 Å². The Morgan fingerprint density at radius 1 is 1.16 bits per heavy atom. The molecule has 0 saturated carbocycles. The molecule has 130 valence electrons. The molecular formula is C20H23N3O2. The normalized spacial score (nSPS) is 10.8. The fraction of sp³-hybridized carbons (Fsp3) is 0.300. The summed E-state index contributed by atoms with van der Waals surface area (Å²) < 4.78 is 7.33. The first-order valence-electron chi connectivity index (χ1n) is 8.69. The number of carbonyl (C=O) groups is 1. The molecule has 0 spiro atoms. The molecule has 0 aliphatic rings. The van der Waals surface area contributed by atoms with Crippen molar-refractivity contribution >= 4 is 5.91 Å². The lowest BCUT2D eigenvalue weighted by Gasteiger charge is -2.08. The molecule has 2 heterocycles. The maximum absolute atomic E-state index is 12.6. The number of unbranched alkanes of at least 4 members (excludes halogenated alkanes) is 2. The smallest absolute Gasteiger partial charge is 0.270 e. The fourth-order valence-corrected chi connectivity index (χ4v) is 2.67. The van der Waals surface area contributed by atoms with Gasteiger partial charge in [-0.25, -0.2) is 4.68 Å². The number of nitrogens with zero attached hydrogens (tertiary/aromatic N) is 2. The van der Waals surface area contributed by atoms with Crippen LogP contribution in [-0.2, 0) is 0 Å². The second-order valence-corrected chi connectivity index (χ2v) is 6.04. The van der Waals surface area contributed by atoms with Crippen molar-refractivity contribution in [3.63, 3.8) is 0 Å². The molecule has 25 heavy (non-hydrogen) atoms. The van der Waals surface area contributed by atoms with Gasteiger partial charge in [0.1, 0.15) is 17.1 Å². The third-order valence-electron chi connectivity index (χ3n) is 4.00. The highest BCUT2D eigenvalue weighted by molar-refractivity contribution is 5.94. The summed E-state index contributed by atoms with van der Waals surface area (Å²) in [7, 11) is 0. The number of amides is 1. The predicted molar refractivity (Wildman–Crippen MR) is 97.9 cm³/mol. The van der Waals surface area contributed by atoms with Crippen LogP contribution >= 0.6 is 0 Å². The van der Waals surface area contributed by atoms with Crippen LogP contribution in [0.3, 0.4) is 0 Å². The number of para-hydroxylation sites is 1. The number of nitrogens with one attached hydrogen (secondary N) is 1.